The van der Waals surface area contributed by atoms with Gasteiger partial charge in [0.2, 0.25) is 0 Å². The summed E-state index contributed by atoms with van der Waals surface area (Å²) in [5.74, 6) is 1.83. The topological polar surface area (TPSA) is 52.2 Å². The van der Waals surface area contributed by atoms with Gasteiger partial charge in [-0.2, -0.15) is 0 Å². The lowest BCUT2D eigenvalue weighted by atomic mass is 10.1. The van der Waals surface area contributed by atoms with Gasteiger partial charge in [0, 0.05) is 37.2 Å². The van der Waals surface area contributed by atoms with E-state index < -0.39 is 0 Å². The van der Waals surface area contributed by atoms with Gasteiger partial charge in [0.15, 0.2) is 0 Å². The third-order valence-corrected chi connectivity index (χ3v) is 4.16. The average Bonchev–Trinajstić information content (AvgIpc) is 3.11. The predicted molar refractivity (Wildman–Crippen MR) is 90.8 cm³/mol. The summed E-state index contributed by atoms with van der Waals surface area (Å²) in [5.41, 5.74) is 3.16. The molecule has 0 radical (unpaired) electrons. The van der Waals surface area contributed by atoms with Gasteiger partial charge in [0.1, 0.15) is 17.1 Å². The van der Waals surface area contributed by atoms with E-state index in [-0.39, 0.29) is 6.04 Å². The van der Waals surface area contributed by atoms with Gasteiger partial charge in [-0.25, -0.2) is 4.98 Å². The molecule has 0 saturated carbocycles. The molecule has 3 aromatic rings. The number of benzene rings is 1. The smallest absolute Gasteiger partial charge is 0.134 e. The van der Waals surface area contributed by atoms with E-state index in [0.717, 1.165) is 46.7 Å². The fourth-order valence-corrected chi connectivity index (χ4v) is 2.86. The van der Waals surface area contributed by atoms with Crippen molar-refractivity contribution in [3.8, 4) is 5.75 Å². The summed E-state index contributed by atoms with van der Waals surface area (Å²) in [6, 6.07) is 6.06. The zero-order valence-corrected chi connectivity index (χ0v) is 14.1. The summed E-state index contributed by atoms with van der Waals surface area (Å²) in [6.45, 7) is 5.08. The quantitative estimate of drug-likeness (QED) is 0.758. The molecule has 1 aromatic carbocycles. The van der Waals surface area contributed by atoms with Gasteiger partial charge in [-0.15, -0.1) is 0 Å². The van der Waals surface area contributed by atoms with Crippen LogP contribution >= 0.6 is 0 Å². The molecule has 1 atom stereocenters. The van der Waals surface area contributed by atoms with Crippen molar-refractivity contribution in [1.29, 1.82) is 0 Å². The fraction of sp³-hybridized carbons (Fsp3) is 0.389. The largest absolute Gasteiger partial charge is 0.497 e. The number of furan rings is 1. The van der Waals surface area contributed by atoms with Crippen LogP contribution in [0.15, 0.2) is 35.1 Å². The molecule has 0 amide bonds. The summed E-state index contributed by atoms with van der Waals surface area (Å²) in [4.78, 5) is 4.34. The van der Waals surface area contributed by atoms with Crippen molar-refractivity contribution in [3.63, 3.8) is 0 Å². The molecule has 1 N–H and O–H groups in total. The standard InChI is InChI=1S/C18H23N3O2/c1-12-16-9-15(22-4)5-6-17(16)23-18(12)13(2)19-8-7-14-10-21(3)11-20-14/h5-6,9-11,13,19H,7-8H2,1-4H3. The lowest BCUT2D eigenvalue weighted by Crippen LogP contribution is -2.21. The van der Waals surface area contributed by atoms with E-state index in [9.17, 15) is 0 Å². The van der Waals surface area contributed by atoms with Crippen LogP contribution in [0, 0.1) is 6.92 Å². The van der Waals surface area contributed by atoms with Crippen LogP contribution in [0.5, 0.6) is 5.75 Å². The third kappa shape index (κ3) is 3.24. The van der Waals surface area contributed by atoms with Crippen molar-refractivity contribution in [1.82, 2.24) is 14.9 Å². The Balaban J connectivity index is 1.70. The highest BCUT2D eigenvalue weighted by Crippen LogP contribution is 2.31. The maximum Gasteiger partial charge on any atom is 0.134 e. The van der Waals surface area contributed by atoms with Crippen molar-refractivity contribution in [2.45, 2.75) is 26.3 Å². The Morgan fingerprint density at radius 2 is 2.22 bits per heavy atom. The van der Waals surface area contributed by atoms with E-state index in [1.807, 2.05) is 42.3 Å². The minimum atomic E-state index is 0.150. The predicted octanol–water partition coefficient (Wildman–Crippen LogP) is 3.38. The summed E-state index contributed by atoms with van der Waals surface area (Å²) in [5, 5.41) is 4.62. The van der Waals surface area contributed by atoms with Crippen molar-refractivity contribution in [2.24, 2.45) is 7.05 Å². The SMILES string of the molecule is COc1ccc2oc(C(C)NCCc3cn(C)cn3)c(C)c2c1. The molecule has 2 heterocycles. The van der Waals surface area contributed by atoms with Gasteiger partial charge in [0.25, 0.3) is 0 Å². The highest BCUT2D eigenvalue weighted by molar-refractivity contribution is 5.83. The molecular weight excluding hydrogens is 290 g/mol. The number of methoxy groups -OCH3 is 1. The van der Waals surface area contributed by atoms with Crippen molar-refractivity contribution >= 4 is 11.0 Å². The number of nitrogens with zero attached hydrogens (tertiary/aromatic N) is 2. The van der Waals surface area contributed by atoms with Crippen LogP contribution in [0.4, 0.5) is 0 Å². The molecule has 2 aromatic heterocycles. The number of rotatable bonds is 6. The molecule has 23 heavy (non-hydrogen) atoms. The van der Waals surface area contributed by atoms with Crippen LogP contribution < -0.4 is 10.1 Å². The Morgan fingerprint density at radius 1 is 1.39 bits per heavy atom. The Hall–Kier alpha value is -2.27. The van der Waals surface area contributed by atoms with Crippen LogP contribution in [0.3, 0.4) is 0 Å². The molecule has 5 nitrogen and oxygen atoms in total. The number of ether oxygens (including phenoxy) is 1. The van der Waals surface area contributed by atoms with E-state index in [2.05, 4.69) is 24.1 Å². The van der Waals surface area contributed by atoms with Crippen molar-refractivity contribution in [3.05, 3.63) is 47.7 Å². The van der Waals surface area contributed by atoms with Gasteiger partial charge in [-0.3, -0.25) is 0 Å². The molecular formula is C18H23N3O2. The first-order chi connectivity index (χ1) is 11.1. The summed E-state index contributed by atoms with van der Waals surface area (Å²) in [6.07, 6.45) is 4.78. The van der Waals surface area contributed by atoms with Crippen LogP contribution in [-0.2, 0) is 13.5 Å². The summed E-state index contributed by atoms with van der Waals surface area (Å²) < 4.78 is 13.3. The minimum Gasteiger partial charge on any atom is -0.497 e. The second kappa shape index (κ2) is 6.46. The van der Waals surface area contributed by atoms with Crippen LogP contribution in [0.1, 0.15) is 30.0 Å². The first-order valence-electron chi connectivity index (χ1n) is 7.85. The van der Waals surface area contributed by atoms with E-state index >= 15 is 0 Å². The Bertz CT molecular complexity index is 804. The number of aromatic nitrogens is 2. The van der Waals surface area contributed by atoms with Crippen molar-refractivity contribution < 1.29 is 9.15 Å². The molecule has 3 rings (SSSR count). The Labute approximate surface area is 136 Å². The zero-order chi connectivity index (χ0) is 16.4. The molecule has 0 bridgehead atoms. The summed E-state index contributed by atoms with van der Waals surface area (Å²) >= 11 is 0. The minimum absolute atomic E-state index is 0.150. The van der Waals surface area contributed by atoms with Crippen LogP contribution in [0.2, 0.25) is 0 Å². The molecule has 122 valence electrons. The fourth-order valence-electron chi connectivity index (χ4n) is 2.86. The Kier molecular flexibility index (Phi) is 4.39. The molecule has 0 spiro atoms. The first-order valence-corrected chi connectivity index (χ1v) is 7.85. The molecule has 0 aliphatic carbocycles. The number of aryl methyl sites for hydroxylation is 2. The van der Waals surface area contributed by atoms with E-state index in [1.165, 1.54) is 0 Å². The lowest BCUT2D eigenvalue weighted by Gasteiger charge is -2.11. The van der Waals surface area contributed by atoms with E-state index in [4.69, 9.17) is 9.15 Å². The number of imidazole rings is 1. The highest BCUT2D eigenvalue weighted by atomic mass is 16.5. The van der Waals surface area contributed by atoms with E-state index in [0.29, 0.717) is 0 Å². The van der Waals surface area contributed by atoms with Gasteiger partial charge < -0.3 is 19.0 Å². The zero-order valence-electron chi connectivity index (χ0n) is 14.1. The first kappa shape index (κ1) is 15.6. The number of fused-ring (bicyclic) bond motifs is 1. The van der Waals surface area contributed by atoms with E-state index in [1.54, 1.807) is 7.11 Å². The average molecular weight is 313 g/mol. The Morgan fingerprint density at radius 3 is 2.91 bits per heavy atom. The molecule has 0 fully saturated rings. The normalized spacial score (nSPS) is 12.7. The maximum absolute atomic E-state index is 6.03. The highest BCUT2D eigenvalue weighted by Gasteiger charge is 2.16. The monoisotopic (exact) mass is 313 g/mol. The molecule has 5 heteroatoms. The van der Waals surface area contributed by atoms with Crippen LogP contribution in [-0.4, -0.2) is 23.2 Å². The maximum atomic E-state index is 6.03. The molecule has 0 aliphatic rings. The lowest BCUT2D eigenvalue weighted by molar-refractivity contribution is 0.415. The molecule has 0 aliphatic heterocycles. The molecule has 0 saturated heterocycles. The van der Waals surface area contributed by atoms with Crippen LogP contribution in [0.25, 0.3) is 11.0 Å². The molecule has 1 unspecified atom stereocenters. The number of nitrogens with one attached hydrogen (secondary N) is 1. The third-order valence-electron chi connectivity index (χ3n) is 4.16. The van der Waals surface area contributed by atoms with Crippen molar-refractivity contribution in [2.75, 3.05) is 13.7 Å². The van der Waals surface area contributed by atoms with Gasteiger partial charge >= 0.3 is 0 Å². The van der Waals surface area contributed by atoms with Gasteiger partial charge in [-0.1, -0.05) is 0 Å². The summed E-state index contributed by atoms with van der Waals surface area (Å²) in [7, 11) is 3.66. The van der Waals surface area contributed by atoms with Gasteiger partial charge in [0.05, 0.1) is 25.2 Å². The van der Waals surface area contributed by atoms with Gasteiger partial charge in [-0.05, 0) is 32.0 Å². The second-order valence-electron chi connectivity index (χ2n) is 5.91. The number of hydrogen-bond donors (Lipinski definition) is 1. The number of hydrogen-bond acceptors (Lipinski definition) is 4. The second-order valence-corrected chi connectivity index (χ2v) is 5.91.